The van der Waals surface area contributed by atoms with Gasteiger partial charge in [0, 0.05) is 24.9 Å². The van der Waals surface area contributed by atoms with Crippen LogP contribution in [-0.2, 0) is 4.84 Å². The summed E-state index contributed by atoms with van der Waals surface area (Å²) in [6.45, 7) is 3.43. The Bertz CT molecular complexity index is 463. The summed E-state index contributed by atoms with van der Waals surface area (Å²) in [7, 11) is 0. The van der Waals surface area contributed by atoms with Crippen molar-refractivity contribution >= 4 is 5.90 Å². The Hall–Kier alpha value is -1.49. The standard InChI is InChI=1S/C13H17N3O2/c1-4-14-8-11(1)17-12-7-13(18-15-12)9-16-5-2-10(13)3-6-16/h1,4,8,10,14H,2-3,5-7,9H2. The van der Waals surface area contributed by atoms with Gasteiger partial charge in [0.05, 0.1) is 6.42 Å². The Balaban J connectivity index is 1.48. The number of aromatic nitrogens is 1. The van der Waals surface area contributed by atoms with E-state index in [0.717, 1.165) is 18.7 Å². The zero-order chi connectivity index (χ0) is 12.0. The molecule has 3 fully saturated rings. The van der Waals surface area contributed by atoms with E-state index in [2.05, 4.69) is 15.0 Å². The number of rotatable bonds is 1. The minimum atomic E-state index is -0.109. The Morgan fingerprint density at radius 3 is 3.00 bits per heavy atom. The maximum atomic E-state index is 5.79. The fourth-order valence-electron chi connectivity index (χ4n) is 3.45. The Kier molecular flexibility index (Phi) is 2.17. The molecule has 0 aliphatic carbocycles. The minimum absolute atomic E-state index is 0.109. The van der Waals surface area contributed by atoms with Gasteiger partial charge in [-0.25, -0.2) is 0 Å². The molecule has 1 aromatic rings. The van der Waals surface area contributed by atoms with Crippen molar-refractivity contribution in [3.8, 4) is 5.75 Å². The van der Waals surface area contributed by atoms with E-state index in [1.54, 1.807) is 0 Å². The van der Waals surface area contributed by atoms with Crippen LogP contribution in [0.3, 0.4) is 0 Å². The second-order valence-electron chi connectivity index (χ2n) is 5.52. The second-order valence-corrected chi connectivity index (χ2v) is 5.52. The smallest absolute Gasteiger partial charge is 0.235 e. The number of hydrogen-bond acceptors (Lipinski definition) is 4. The van der Waals surface area contributed by atoms with Crippen molar-refractivity contribution in [1.82, 2.24) is 9.88 Å². The molecule has 1 spiro atoms. The molecule has 4 aliphatic heterocycles. The van der Waals surface area contributed by atoms with Gasteiger partial charge in [0.2, 0.25) is 5.90 Å². The predicted molar refractivity (Wildman–Crippen MR) is 66.5 cm³/mol. The average Bonchev–Trinajstić information content (AvgIpc) is 3.02. The number of hydrogen-bond donors (Lipinski definition) is 1. The molecule has 2 bridgehead atoms. The molecule has 0 aromatic carbocycles. The molecule has 4 aliphatic rings. The van der Waals surface area contributed by atoms with Crippen LogP contribution in [0.5, 0.6) is 5.75 Å². The van der Waals surface area contributed by atoms with Crippen LogP contribution in [0.1, 0.15) is 19.3 Å². The highest BCUT2D eigenvalue weighted by Crippen LogP contribution is 2.43. The molecule has 5 rings (SSSR count). The van der Waals surface area contributed by atoms with E-state index in [-0.39, 0.29) is 5.60 Å². The first-order valence-electron chi connectivity index (χ1n) is 6.62. The lowest BCUT2D eigenvalue weighted by atomic mass is 9.74. The first-order chi connectivity index (χ1) is 8.84. The summed E-state index contributed by atoms with van der Waals surface area (Å²) < 4.78 is 5.73. The lowest BCUT2D eigenvalue weighted by Crippen LogP contribution is -2.59. The zero-order valence-electron chi connectivity index (χ0n) is 10.3. The molecule has 1 unspecified atom stereocenters. The summed E-state index contributed by atoms with van der Waals surface area (Å²) in [5.41, 5.74) is -0.109. The largest absolute Gasteiger partial charge is 0.438 e. The lowest BCUT2D eigenvalue weighted by Gasteiger charge is -2.49. The fraction of sp³-hybridized carbons (Fsp3) is 0.615. The summed E-state index contributed by atoms with van der Waals surface area (Å²) in [4.78, 5) is 11.2. The van der Waals surface area contributed by atoms with Crippen LogP contribution >= 0.6 is 0 Å². The van der Waals surface area contributed by atoms with Gasteiger partial charge in [-0.05, 0) is 32.0 Å². The third-order valence-electron chi connectivity index (χ3n) is 4.41. The van der Waals surface area contributed by atoms with Crippen LogP contribution in [-0.4, -0.2) is 41.0 Å². The van der Waals surface area contributed by atoms with Gasteiger partial charge in [-0.2, -0.15) is 0 Å². The van der Waals surface area contributed by atoms with Gasteiger partial charge in [0.25, 0.3) is 0 Å². The highest BCUT2D eigenvalue weighted by atomic mass is 16.7. The first kappa shape index (κ1) is 10.4. The van der Waals surface area contributed by atoms with Gasteiger partial charge in [-0.3, -0.25) is 4.90 Å². The Morgan fingerprint density at radius 2 is 2.33 bits per heavy atom. The van der Waals surface area contributed by atoms with Crippen LogP contribution in [0.2, 0.25) is 0 Å². The summed E-state index contributed by atoms with van der Waals surface area (Å²) in [6, 6.07) is 1.89. The first-order valence-corrected chi connectivity index (χ1v) is 6.62. The van der Waals surface area contributed by atoms with Crippen molar-refractivity contribution in [2.24, 2.45) is 11.1 Å². The van der Waals surface area contributed by atoms with E-state index < -0.39 is 0 Å². The third-order valence-corrected chi connectivity index (χ3v) is 4.41. The van der Waals surface area contributed by atoms with Crippen molar-refractivity contribution in [2.75, 3.05) is 19.6 Å². The average molecular weight is 247 g/mol. The van der Waals surface area contributed by atoms with E-state index in [0.29, 0.717) is 11.8 Å². The Labute approximate surface area is 106 Å². The van der Waals surface area contributed by atoms with Crippen LogP contribution < -0.4 is 4.74 Å². The van der Waals surface area contributed by atoms with Gasteiger partial charge in [-0.1, -0.05) is 5.16 Å². The fourth-order valence-corrected chi connectivity index (χ4v) is 3.45. The molecule has 96 valence electrons. The molecule has 5 heteroatoms. The van der Waals surface area contributed by atoms with Crippen LogP contribution in [0.4, 0.5) is 0 Å². The quantitative estimate of drug-likeness (QED) is 0.820. The number of nitrogens with zero attached hydrogens (tertiary/aromatic N) is 2. The highest BCUT2D eigenvalue weighted by Gasteiger charge is 2.53. The van der Waals surface area contributed by atoms with Gasteiger partial charge >= 0.3 is 0 Å². The van der Waals surface area contributed by atoms with E-state index in [9.17, 15) is 0 Å². The molecule has 1 aromatic heterocycles. The van der Waals surface area contributed by atoms with Crippen LogP contribution in [0.15, 0.2) is 23.6 Å². The van der Waals surface area contributed by atoms with Gasteiger partial charge < -0.3 is 14.6 Å². The molecular weight excluding hydrogens is 230 g/mol. The number of H-pyrrole nitrogens is 1. The number of aromatic amines is 1. The summed E-state index contributed by atoms with van der Waals surface area (Å²) in [5.74, 6) is 2.15. The topological polar surface area (TPSA) is 49.9 Å². The van der Waals surface area contributed by atoms with E-state index in [4.69, 9.17) is 9.57 Å². The predicted octanol–water partition coefficient (Wildman–Crippen LogP) is 1.59. The maximum Gasteiger partial charge on any atom is 0.235 e. The van der Waals surface area contributed by atoms with E-state index in [1.807, 2.05) is 18.5 Å². The zero-order valence-corrected chi connectivity index (χ0v) is 10.3. The summed E-state index contributed by atoms with van der Waals surface area (Å²) in [6.07, 6.45) is 6.93. The van der Waals surface area contributed by atoms with Gasteiger partial charge in [0.15, 0.2) is 5.60 Å². The van der Waals surface area contributed by atoms with Crippen LogP contribution in [0, 0.1) is 5.92 Å². The van der Waals surface area contributed by atoms with Gasteiger partial charge in [-0.15, -0.1) is 0 Å². The van der Waals surface area contributed by atoms with Gasteiger partial charge in [0.1, 0.15) is 5.75 Å². The minimum Gasteiger partial charge on any atom is -0.438 e. The van der Waals surface area contributed by atoms with Crippen LogP contribution in [0.25, 0.3) is 0 Å². The molecular formula is C13H17N3O2. The molecule has 18 heavy (non-hydrogen) atoms. The Morgan fingerprint density at radius 1 is 1.44 bits per heavy atom. The lowest BCUT2D eigenvalue weighted by molar-refractivity contribution is -0.136. The van der Waals surface area contributed by atoms with E-state index >= 15 is 0 Å². The summed E-state index contributed by atoms with van der Waals surface area (Å²) >= 11 is 0. The molecule has 0 radical (unpaired) electrons. The number of ether oxygens (including phenoxy) is 1. The molecule has 1 N–H and O–H groups in total. The highest BCUT2D eigenvalue weighted by molar-refractivity contribution is 5.80. The monoisotopic (exact) mass is 247 g/mol. The molecule has 3 saturated heterocycles. The second kappa shape index (κ2) is 3.75. The third kappa shape index (κ3) is 1.54. The number of nitrogens with one attached hydrogen (secondary N) is 1. The molecule has 0 amide bonds. The van der Waals surface area contributed by atoms with Crippen molar-refractivity contribution in [3.63, 3.8) is 0 Å². The van der Waals surface area contributed by atoms with E-state index in [1.165, 1.54) is 25.9 Å². The molecule has 5 heterocycles. The van der Waals surface area contributed by atoms with Crippen molar-refractivity contribution < 1.29 is 9.57 Å². The van der Waals surface area contributed by atoms with Crippen molar-refractivity contribution in [3.05, 3.63) is 18.5 Å². The summed E-state index contributed by atoms with van der Waals surface area (Å²) in [5, 5.41) is 4.16. The molecule has 5 nitrogen and oxygen atoms in total. The molecule has 0 saturated carbocycles. The van der Waals surface area contributed by atoms with Crippen molar-refractivity contribution in [2.45, 2.75) is 24.9 Å². The van der Waals surface area contributed by atoms with Crippen molar-refractivity contribution in [1.29, 1.82) is 0 Å². The SMILES string of the molecule is c1cc(OC2=NOC3(C2)CN2CCC3CC2)c[nH]1. The number of piperidine rings is 3. The molecule has 1 atom stereocenters. The number of oxime groups is 1. The number of fused-ring (bicyclic) bond motifs is 2. The maximum absolute atomic E-state index is 5.79. The normalized spacial score (nSPS) is 37.7.